The topological polar surface area (TPSA) is 67.4 Å². The molecule has 0 fully saturated rings. The van der Waals surface area contributed by atoms with Crippen molar-refractivity contribution >= 4 is 39.2 Å². The van der Waals surface area contributed by atoms with E-state index < -0.39 is 5.97 Å². The molecule has 0 aromatic heterocycles. The number of rotatable bonds is 5. The summed E-state index contributed by atoms with van der Waals surface area (Å²) < 4.78 is 5.62. The third kappa shape index (κ3) is 4.60. The lowest BCUT2D eigenvalue weighted by molar-refractivity contribution is -0.114. The fourth-order valence-corrected chi connectivity index (χ4v) is 2.06. The largest absolute Gasteiger partial charge is 0.465 e. The van der Waals surface area contributed by atoms with Crippen LogP contribution in [0.2, 0.25) is 0 Å². The molecule has 114 valence electrons. The Bertz CT molecular complexity index is 671. The average Bonchev–Trinajstić information content (AvgIpc) is 2.54. The zero-order valence-electron chi connectivity index (χ0n) is 11.9. The number of amides is 1. The standard InChI is InChI=1S/C16H15BrN2O3/c1-22-16(21)11-3-2-4-14(9-11)19-15(20)10-18-13-7-5-12(17)6-8-13/h2-9,18H,10H2,1H3,(H,19,20). The number of nitrogens with one attached hydrogen (secondary N) is 2. The van der Waals surface area contributed by atoms with Crippen molar-refractivity contribution in [2.24, 2.45) is 0 Å². The first-order valence-electron chi connectivity index (χ1n) is 6.56. The van der Waals surface area contributed by atoms with Gasteiger partial charge in [-0.3, -0.25) is 4.79 Å². The molecule has 0 heterocycles. The van der Waals surface area contributed by atoms with Crippen LogP contribution in [0.1, 0.15) is 10.4 Å². The molecular weight excluding hydrogens is 348 g/mol. The third-order valence-electron chi connectivity index (χ3n) is 2.86. The molecule has 0 saturated carbocycles. The fraction of sp³-hybridized carbons (Fsp3) is 0.125. The maximum Gasteiger partial charge on any atom is 0.337 e. The summed E-state index contributed by atoms with van der Waals surface area (Å²) in [5, 5.41) is 5.74. The second-order valence-electron chi connectivity index (χ2n) is 4.48. The Balaban J connectivity index is 1.91. The van der Waals surface area contributed by atoms with Gasteiger partial charge in [-0.25, -0.2) is 4.79 Å². The van der Waals surface area contributed by atoms with Gasteiger partial charge in [-0.15, -0.1) is 0 Å². The van der Waals surface area contributed by atoms with E-state index in [9.17, 15) is 9.59 Å². The Kier molecular flexibility index (Phi) is 5.55. The van der Waals surface area contributed by atoms with Crippen LogP contribution in [0.25, 0.3) is 0 Å². The number of carbonyl (C=O) groups excluding carboxylic acids is 2. The van der Waals surface area contributed by atoms with Gasteiger partial charge in [0, 0.05) is 15.8 Å². The number of benzene rings is 2. The molecule has 1 amide bonds. The van der Waals surface area contributed by atoms with E-state index in [4.69, 9.17) is 0 Å². The van der Waals surface area contributed by atoms with Crippen molar-refractivity contribution in [2.45, 2.75) is 0 Å². The number of halogens is 1. The minimum Gasteiger partial charge on any atom is -0.465 e. The van der Waals surface area contributed by atoms with Crippen molar-refractivity contribution in [3.05, 3.63) is 58.6 Å². The predicted octanol–water partition coefficient (Wildman–Crippen LogP) is 3.29. The fourth-order valence-electron chi connectivity index (χ4n) is 1.80. The first-order chi connectivity index (χ1) is 10.6. The van der Waals surface area contributed by atoms with Gasteiger partial charge in [0.2, 0.25) is 5.91 Å². The van der Waals surface area contributed by atoms with Crippen LogP contribution in [-0.2, 0) is 9.53 Å². The zero-order valence-corrected chi connectivity index (χ0v) is 13.5. The third-order valence-corrected chi connectivity index (χ3v) is 3.39. The Morgan fingerprint density at radius 3 is 2.50 bits per heavy atom. The highest BCUT2D eigenvalue weighted by molar-refractivity contribution is 9.10. The van der Waals surface area contributed by atoms with Crippen molar-refractivity contribution < 1.29 is 14.3 Å². The highest BCUT2D eigenvalue weighted by Gasteiger charge is 2.07. The van der Waals surface area contributed by atoms with Crippen LogP contribution in [-0.4, -0.2) is 25.5 Å². The number of carbonyl (C=O) groups is 2. The molecule has 0 atom stereocenters. The highest BCUT2D eigenvalue weighted by atomic mass is 79.9. The van der Waals surface area contributed by atoms with Crippen molar-refractivity contribution in [3.63, 3.8) is 0 Å². The number of methoxy groups -OCH3 is 1. The Morgan fingerprint density at radius 1 is 1.09 bits per heavy atom. The number of ether oxygens (including phenoxy) is 1. The van der Waals surface area contributed by atoms with Gasteiger partial charge in [0.1, 0.15) is 0 Å². The number of anilines is 2. The zero-order chi connectivity index (χ0) is 15.9. The quantitative estimate of drug-likeness (QED) is 0.800. The summed E-state index contributed by atoms with van der Waals surface area (Å²) >= 11 is 3.35. The summed E-state index contributed by atoms with van der Waals surface area (Å²) in [5.41, 5.74) is 1.79. The second kappa shape index (κ2) is 7.61. The molecule has 0 saturated heterocycles. The van der Waals surface area contributed by atoms with E-state index >= 15 is 0 Å². The molecule has 5 nitrogen and oxygen atoms in total. The summed E-state index contributed by atoms with van der Waals surface area (Å²) in [4.78, 5) is 23.3. The molecule has 2 N–H and O–H groups in total. The predicted molar refractivity (Wildman–Crippen MR) is 89.0 cm³/mol. The van der Waals surface area contributed by atoms with Crippen LogP contribution in [0.4, 0.5) is 11.4 Å². The molecule has 2 aromatic rings. The molecule has 0 radical (unpaired) electrons. The van der Waals surface area contributed by atoms with Gasteiger partial charge in [-0.05, 0) is 42.5 Å². The summed E-state index contributed by atoms with van der Waals surface area (Å²) in [6, 6.07) is 14.1. The van der Waals surface area contributed by atoms with Gasteiger partial charge in [0.15, 0.2) is 0 Å². The summed E-state index contributed by atoms with van der Waals surface area (Å²) in [6.45, 7) is 0.129. The van der Waals surface area contributed by atoms with Crippen LogP contribution in [0.3, 0.4) is 0 Å². The molecule has 6 heteroatoms. The monoisotopic (exact) mass is 362 g/mol. The Morgan fingerprint density at radius 2 is 1.82 bits per heavy atom. The molecule has 22 heavy (non-hydrogen) atoms. The van der Waals surface area contributed by atoms with Gasteiger partial charge in [0.05, 0.1) is 19.2 Å². The Labute approximate surface area is 136 Å². The second-order valence-corrected chi connectivity index (χ2v) is 5.40. The average molecular weight is 363 g/mol. The van der Waals surface area contributed by atoms with Crippen molar-refractivity contribution in [1.82, 2.24) is 0 Å². The van der Waals surface area contributed by atoms with Crippen LogP contribution < -0.4 is 10.6 Å². The smallest absolute Gasteiger partial charge is 0.337 e. The van der Waals surface area contributed by atoms with Crippen molar-refractivity contribution in [3.8, 4) is 0 Å². The molecule has 0 unspecified atom stereocenters. The number of hydrogen-bond donors (Lipinski definition) is 2. The number of hydrogen-bond acceptors (Lipinski definition) is 4. The van der Waals surface area contributed by atoms with Crippen LogP contribution >= 0.6 is 15.9 Å². The van der Waals surface area contributed by atoms with Crippen LogP contribution in [0, 0.1) is 0 Å². The maximum atomic E-state index is 11.9. The first-order valence-corrected chi connectivity index (χ1v) is 7.35. The lowest BCUT2D eigenvalue weighted by atomic mass is 10.2. The Hall–Kier alpha value is -2.34. The minimum atomic E-state index is -0.441. The minimum absolute atomic E-state index is 0.129. The van der Waals surface area contributed by atoms with E-state index in [1.165, 1.54) is 7.11 Å². The van der Waals surface area contributed by atoms with Gasteiger partial charge < -0.3 is 15.4 Å². The molecule has 0 aliphatic rings. The van der Waals surface area contributed by atoms with Gasteiger partial charge in [-0.2, -0.15) is 0 Å². The van der Waals surface area contributed by atoms with Gasteiger partial charge in [0.25, 0.3) is 0 Å². The van der Waals surface area contributed by atoms with Gasteiger partial charge in [-0.1, -0.05) is 22.0 Å². The van der Waals surface area contributed by atoms with Crippen LogP contribution in [0.15, 0.2) is 53.0 Å². The van der Waals surface area contributed by atoms with Crippen molar-refractivity contribution in [1.29, 1.82) is 0 Å². The maximum absolute atomic E-state index is 11.9. The van der Waals surface area contributed by atoms with E-state index in [0.717, 1.165) is 10.2 Å². The van der Waals surface area contributed by atoms with E-state index in [1.807, 2.05) is 24.3 Å². The summed E-state index contributed by atoms with van der Waals surface area (Å²) in [5.74, 6) is -0.644. The molecule has 0 aliphatic carbocycles. The highest BCUT2D eigenvalue weighted by Crippen LogP contribution is 2.14. The first kappa shape index (κ1) is 16.0. The van der Waals surface area contributed by atoms with Crippen molar-refractivity contribution in [2.75, 3.05) is 24.3 Å². The normalized spacial score (nSPS) is 9.91. The van der Waals surface area contributed by atoms with Crippen LogP contribution in [0.5, 0.6) is 0 Å². The molecule has 0 aliphatic heterocycles. The summed E-state index contributed by atoms with van der Waals surface area (Å²) in [7, 11) is 1.32. The molecule has 0 bridgehead atoms. The molecular formula is C16H15BrN2O3. The molecule has 0 spiro atoms. The lowest BCUT2D eigenvalue weighted by Crippen LogP contribution is -2.21. The van der Waals surface area contributed by atoms with Gasteiger partial charge >= 0.3 is 5.97 Å². The van der Waals surface area contributed by atoms with E-state index in [2.05, 4.69) is 31.3 Å². The van der Waals surface area contributed by atoms with E-state index in [-0.39, 0.29) is 12.5 Å². The van der Waals surface area contributed by atoms with E-state index in [0.29, 0.717) is 11.3 Å². The lowest BCUT2D eigenvalue weighted by Gasteiger charge is -2.09. The van der Waals surface area contributed by atoms with E-state index in [1.54, 1.807) is 24.3 Å². The number of esters is 1. The molecule has 2 aromatic carbocycles. The summed E-state index contributed by atoms with van der Waals surface area (Å²) in [6.07, 6.45) is 0. The SMILES string of the molecule is COC(=O)c1cccc(NC(=O)CNc2ccc(Br)cc2)c1. The molecule has 2 rings (SSSR count).